The number of nitrogens with zero attached hydrogens (tertiary/aromatic N) is 2. The van der Waals surface area contributed by atoms with Crippen LogP contribution in [0.5, 0.6) is 0 Å². The van der Waals surface area contributed by atoms with Crippen LogP contribution in [0.15, 0.2) is 18.1 Å². The van der Waals surface area contributed by atoms with E-state index in [2.05, 4.69) is 22.2 Å². The van der Waals surface area contributed by atoms with Crippen LogP contribution in [0.4, 0.5) is 5.82 Å². The minimum absolute atomic E-state index is 0.962. The Kier molecular flexibility index (Phi) is 2.00. The van der Waals surface area contributed by atoms with E-state index in [1.165, 1.54) is 11.1 Å². The molecule has 0 bridgehead atoms. The predicted octanol–water partition coefficient (Wildman–Crippen LogP) is 2.05. The number of nitrogens with one attached hydrogen (secondary N) is 1. The van der Waals surface area contributed by atoms with Crippen LogP contribution in [0.25, 0.3) is 0 Å². The normalized spacial score (nSPS) is 15.4. The fraction of sp³-hybridized carbons (Fsp3) is 0.400. The molecule has 3 nitrogen and oxygen atoms in total. The Hall–Kier alpha value is -1.38. The molecule has 2 rings (SSSR count). The molecule has 0 amide bonds. The number of rotatable bonds is 0. The Morgan fingerprint density at radius 2 is 2.08 bits per heavy atom. The quantitative estimate of drug-likeness (QED) is 0.655. The van der Waals surface area contributed by atoms with E-state index in [-0.39, 0.29) is 0 Å². The molecule has 0 spiro atoms. The zero-order valence-corrected chi connectivity index (χ0v) is 7.96. The molecule has 3 heteroatoms. The van der Waals surface area contributed by atoms with Crippen molar-refractivity contribution in [1.29, 1.82) is 0 Å². The highest BCUT2D eigenvalue weighted by Crippen LogP contribution is 2.21. The van der Waals surface area contributed by atoms with Gasteiger partial charge in [-0.25, -0.2) is 9.97 Å². The lowest BCUT2D eigenvalue weighted by Crippen LogP contribution is -1.99. The molecule has 0 aromatic carbocycles. The SMILES string of the molecule is CC1=CNc2ncnc(C)c2CC1. The van der Waals surface area contributed by atoms with Crippen LogP contribution in [-0.2, 0) is 6.42 Å². The van der Waals surface area contributed by atoms with Crippen LogP contribution >= 0.6 is 0 Å². The van der Waals surface area contributed by atoms with Crippen LogP contribution in [0.1, 0.15) is 24.6 Å². The number of aromatic nitrogens is 2. The molecule has 68 valence electrons. The molecule has 0 saturated carbocycles. The van der Waals surface area contributed by atoms with Crippen LogP contribution in [0.3, 0.4) is 0 Å². The Balaban J connectivity index is 2.42. The number of allylic oxidation sites excluding steroid dienone is 1. The van der Waals surface area contributed by atoms with Gasteiger partial charge in [0.1, 0.15) is 12.1 Å². The number of hydrogen-bond acceptors (Lipinski definition) is 3. The first-order chi connectivity index (χ1) is 6.27. The molecular weight excluding hydrogens is 162 g/mol. The van der Waals surface area contributed by atoms with Gasteiger partial charge in [0.05, 0.1) is 0 Å². The fourth-order valence-electron chi connectivity index (χ4n) is 1.51. The molecule has 1 aromatic heterocycles. The summed E-state index contributed by atoms with van der Waals surface area (Å²) >= 11 is 0. The molecule has 0 radical (unpaired) electrons. The lowest BCUT2D eigenvalue weighted by atomic mass is 10.1. The second kappa shape index (κ2) is 3.17. The van der Waals surface area contributed by atoms with E-state index in [1.807, 2.05) is 13.1 Å². The maximum Gasteiger partial charge on any atom is 0.136 e. The molecule has 0 saturated heterocycles. The van der Waals surface area contributed by atoms with Crippen molar-refractivity contribution in [3.05, 3.63) is 29.4 Å². The lowest BCUT2D eigenvalue weighted by molar-refractivity contribution is 0.916. The molecule has 0 aliphatic carbocycles. The average Bonchev–Trinajstić information content (AvgIpc) is 2.30. The van der Waals surface area contributed by atoms with E-state index in [0.29, 0.717) is 0 Å². The van der Waals surface area contributed by atoms with Gasteiger partial charge in [-0.05, 0) is 26.7 Å². The summed E-state index contributed by atoms with van der Waals surface area (Å²) < 4.78 is 0. The largest absolute Gasteiger partial charge is 0.346 e. The second-order valence-electron chi connectivity index (χ2n) is 3.42. The van der Waals surface area contributed by atoms with Crippen molar-refractivity contribution in [2.75, 3.05) is 5.32 Å². The number of aryl methyl sites for hydroxylation is 1. The first kappa shape index (κ1) is 8.23. The zero-order chi connectivity index (χ0) is 9.26. The van der Waals surface area contributed by atoms with E-state index in [0.717, 1.165) is 24.4 Å². The molecule has 1 aromatic rings. The van der Waals surface area contributed by atoms with Crippen molar-refractivity contribution in [3.63, 3.8) is 0 Å². The zero-order valence-electron chi connectivity index (χ0n) is 7.96. The molecule has 2 heterocycles. The van der Waals surface area contributed by atoms with Gasteiger partial charge in [-0.15, -0.1) is 0 Å². The Morgan fingerprint density at radius 3 is 2.92 bits per heavy atom. The molecule has 0 fully saturated rings. The first-order valence-electron chi connectivity index (χ1n) is 4.50. The minimum Gasteiger partial charge on any atom is -0.346 e. The van der Waals surface area contributed by atoms with Gasteiger partial charge in [-0.1, -0.05) is 5.57 Å². The summed E-state index contributed by atoms with van der Waals surface area (Å²) in [6, 6.07) is 0. The van der Waals surface area contributed by atoms with Crippen molar-refractivity contribution in [2.45, 2.75) is 26.7 Å². The van der Waals surface area contributed by atoms with Crippen molar-refractivity contribution in [3.8, 4) is 0 Å². The second-order valence-corrected chi connectivity index (χ2v) is 3.42. The van der Waals surface area contributed by atoms with Crippen molar-refractivity contribution in [2.24, 2.45) is 0 Å². The van der Waals surface area contributed by atoms with Gasteiger partial charge in [-0.2, -0.15) is 0 Å². The highest BCUT2D eigenvalue weighted by Gasteiger charge is 2.10. The topological polar surface area (TPSA) is 37.8 Å². The summed E-state index contributed by atoms with van der Waals surface area (Å²) in [5.41, 5.74) is 3.69. The number of anilines is 1. The summed E-state index contributed by atoms with van der Waals surface area (Å²) in [6.45, 7) is 4.16. The Morgan fingerprint density at radius 1 is 1.23 bits per heavy atom. The Bertz CT molecular complexity index is 355. The van der Waals surface area contributed by atoms with Gasteiger partial charge < -0.3 is 5.32 Å². The molecule has 1 aliphatic rings. The molecular formula is C10H13N3. The molecule has 0 atom stereocenters. The summed E-state index contributed by atoms with van der Waals surface area (Å²) in [7, 11) is 0. The molecule has 1 aliphatic heterocycles. The number of fused-ring (bicyclic) bond motifs is 1. The van der Waals surface area contributed by atoms with Crippen LogP contribution < -0.4 is 5.32 Å². The smallest absolute Gasteiger partial charge is 0.136 e. The maximum absolute atomic E-state index is 4.21. The molecule has 13 heavy (non-hydrogen) atoms. The van der Waals surface area contributed by atoms with Crippen molar-refractivity contribution >= 4 is 5.82 Å². The van der Waals surface area contributed by atoms with E-state index < -0.39 is 0 Å². The average molecular weight is 175 g/mol. The van der Waals surface area contributed by atoms with E-state index in [1.54, 1.807) is 6.33 Å². The predicted molar refractivity (Wildman–Crippen MR) is 52.5 cm³/mol. The minimum atomic E-state index is 0.962. The Labute approximate surface area is 77.9 Å². The molecule has 0 unspecified atom stereocenters. The van der Waals surface area contributed by atoms with Crippen LogP contribution in [0, 0.1) is 6.92 Å². The highest BCUT2D eigenvalue weighted by molar-refractivity contribution is 5.49. The summed E-state index contributed by atoms with van der Waals surface area (Å²) in [5, 5.41) is 3.20. The van der Waals surface area contributed by atoms with Crippen molar-refractivity contribution in [1.82, 2.24) is 9.97 Å². The summed E-state index contributed by atoms with van der Waals surface area (Å²) in [6.07, 6.45) is 5.76. The third-order valence-corrected chi connectivity index (χ3v) is 2.39. The first-order valence-corrected chi connectivity index (χ1v) is 4.50. The van der Waals surface area contributed by atoms with Gasteiger partial charge in [0.2, 0.25) is 0 Å². The standard InChI is InChI=1S/C10H13N3/c1-7-3-4-9-8(2)12-6-13-10(9)11-5-7/h5-6H,3-4H2,1-2H3,(H,11,12,13). The lowest BCUT2D eigenvalue weighted by Gasteiger charge is -2.06. The third-order valence-electron chi connectivity index (χ3n) is 2.39. The van der Waals surface area contributed by atoms with Gasteiger partial charge in [0, 0.05) is 17.5 Å². The number of hydrogen-bond donors (Lipinski definition) is 1. The molecule has 1 N–H and O–H groups in total. The third kappa shape index (κ3) is 1.54. The van der Waals surface area contributed by atoms with E-state index in [9.17, 15) is 0 Å². The van der Waals surface area contributed by atoms with Crippen LogP contribution in [0.2, 0.25) is 0 Å². The maximum atomic E-state index is 4.21. The summed E-state index contributed by atoms with van der Waals surface area (Å²) in [4.78, 5) is 8.39. The monoisotopic (exact) mass is 175 g/mol. The van der Waals surface area contributed by atoms with Gasteiger partial charge in [0.25, 0.3) is 0 Å². The van der Waals surface area contributed by atoms with E-state index in [4.69, 9.17) is 0 Å². The fourth-order valence-corrected chi connectivity index (χ4v) is 1.51. The summed E-state index contributed by atoms with van der Waals surface area (Å²) in [5.74, 6) is 0.962. The highest BCUT2D eigenvalue weighted by atomic mass is 15.0. The van der Waals surface area contributed by atoms with E-state index >= 15 is 0 Å². The van der Waals surface area contributed by atoms with Gasteiger partial charge >= 0.3 is 0 Å². The van der Waals surface area contributed by atoms with Crippen LogP contribution in [-0.4, -0.2) is 9.97 Å². The van der Waals surface area contributed by atoms with Gasteiger partial charge in [-0.3, -0.25) is 0 Å². The van der Waals surface area contributed by atoms with Crippen molar-refractivity contribution < 1.29 is 0 Å². The van der Waals surface area contributed by atoms with Gasteiger partial charge in [0.15, 0.2) is 0 Å².